The number of likely N-dealkylation sites (N-methyl/N-ethyl adjacent to an activating group) is 1. The van der Waals surface area contributed by atoms with E-state index in [-0.39, 0.29) is 5.91 Å². The zero-order valence-corrected chi connectivity index (χ0v) is 9.63. The first-order valence-electron chi connectivity index (χ1n) is 5.26. The summed E-state index contributed by atoms with van der Waals surface area (Å²) in [5.74, 6) is -0.188. The zero-order chi connectivity index (χ0) is 12.1. The van der Waals surface area contributed by atoms with Gasteiger partial charge in [-0.2, -0.15) is 0 Å². The van der Waals surface area contributed by atoms with Crippen LogP contribution in [0.3, 0.4) is 0 Å². The summed E-state index contributed by atoms with van der Waals surface area (Å²) in [6.45, 7) is 1.93. The minimum absolute atomic E-state index is 0.188. The van der Waals surface area contributed by atoms with Crippen LogP contribution in [-0.2, 0) is 4.79 Å². The molecule has 0 saturated heterocycles. The van der Waals surface area contributed by atoms with Crippen LogP contribution in [0.15, 0.2) is 30.3 Å². The third-order valence-electron chi connectivity index (χ3n) is 2.34. The van der Waals surface area contributed by atoms with Crippen molar-refractivity contribution in [1.29, 1.82) is 0 Å². The first-order valence-corrected chi connectivity index (χ1v) is 5.26. The number of hydrogen-bond donors (Lipinski definition) is 2. The molecule has 0 saturated carbocycles. The van der Waals surface area contributed by atoms with E-state index in [0.29, 0.717) is 6.54 Å². The fourth-order valence-electron chi connectivity index (χ4n) is 1.53. The number of hydrogen-bond acceptors (Lipinski definition) is 3. The number of aliphatic hydroxyl groups is 1. The Hall–Kier alpha value is -1.39. The number of nitrogens with two attached hydrogens (primary N) is 1. The van der Waals surface area contributed by atoms with Gasteiger partial charge >= 0.3 is 0 Å². The van der Waals surface area contributed by atoms with Crippen molar-refractivity contribution in [1.82, 2.24) is 4.90 Å². The highest BCUT2D eigenvalue weighted by Crippen LogP contribution is 2.12. The van der Waals surface area contributed by atoms with Crippen molar-refractivity contribution in [2.45, 2.75) is 19.1 Å². The lowest BCUT2D eigenvalue weighted by molar-refractivity contribution is -0.132. The lowest BCUT2D eigenvalue weighted by atomic mass is 10.1. The molecule has 1 aromatic rings. The molecule has 0 spiro atoms. The standard InChI is InChI=1S/C12H18N2O2/c1-9(15)8-14(2)12(16)11(13)10-6-4-3-5-7-10/h3-7,9,11,15H,8,13H2,1-2H3/t9?,11-/m0/s1. The third kappa shape index (κ3) is 3.32. The van der Waals surface area contributed by atoms with Gasteiger partial charge in [0, 0.05) is 13.6 Å². The number of carbonyl (C=O) groups excluding carboxylic acids is 1. The van der Waals surface area contributed by atoms with Crippen molar-refractivity contribution in [3.8, 4) is 0 Å². The van der Waals surface area contributed by atoms with Crippen LogP contribution in [-0.4, -0.2) is 35.6 Å². The molecule has 1 amide bonds. The van der Waals surface area contributed by atoms with Gasteiger partial charge in [-0.1, -0.05) is 30.3 Å². The quantitative estimate of drug-likeness (QED) is 0.780. The Labute approximate surface area is 95.7 Å². The second-order valence-corrected chi connectivity index (χ2v) is 3.96. The Kier molecular flexibility index (Phi) is 4.46. The van der Waals surface area contributed by atoms with Crippen LogP contribution < -0.4 is 5.73 Å². The van der Waals surface area contributed by atoms with Crippen molar-refractivity contribution in [2.75, 3.05) is 13.6 Å². The number of aliphatic hydroxyl groups excluding tert-OH is 1. The topological polar surface area (TPSA) is 66.6 Å². The molecule has 0 aromatic heterocycles. The van der Waals surface area contributed by atoms with Gasteiger partial charge in [0.05, 0.1) is 6.10 Å². The molecule has 16 heavy (non-hydrogen) atoms. The van der Waals surface area contributed by atoms with E-state index in [9.17, 15) is 9.90 Å². The molecule has 1 aromatic carbocycles. The molecule has 0 bridgehead atoms. The van der Waals surface area contributed by atoms with E-state index >= 15 is 0 Å². The van der Waals surface area contributed by atoms with E-state index in [1.807, 2.05) is 30.3 Å². The molecule has 88 valence electrons. The molecule has 2 atom stereocenters. The Morgan fingerprint density at radius 2 is 2.00 bits per heavy atom. The SMILES string of the molecule is CC(O)CN(C)C(=O)[C@@H](N)c1ccccc1. The first kappa shape index (κ1) is 12.7. The molecule has 1 unspecified atom stereocenters. The summed E-state index contributed by atoms with van der Waals surface area (Å²) in [5.41, 5.74) is 6.62. The van der Waals surface area contributed by atoms with Crippen LogP contribution in [0.4, 0.5) is 0 Å². The maximum absolute atomic E-state index is 11.9. The van der Waals surface area contributed by atoms with Gasteiger partial charge in [0.15, 0.2) is 0 Å². The predicted octanol–water partition coefficient (Wildman–Crippen LogP) is 0.526. The van der Waals surface area contributed by atoms with E-state index in [2.05, 4.69) is 0 Å². The van der Waals surface area contributed by atoms with E-state index < -0.39 is 12.1 Å². The Balaban J connectivity index is 2.67. The molecular formula is C12H18N2O2. The summed E-state index contributed by atoms with van der Waals surface area (Å²) < 4.78 is 0. The van der Waals surface area contributed by atoms with Crippen LogP contribution in [0.25, 0.3) is 0 Å². The smallest absolute Gasteiger partial charge is 0.243 e. The van der Waals surface area contributed by atoms with Gasteiger partial charge in [-0.15, -0.1) is 0 Å². The van der Waals surface area contributed by atoms with E-state index in [1.54, 1.807) is 14.0 Å². The summed E-state index contributed by atoms with van der Waals surface area (Å²) >= 11 is 0. The number of amides is 1. The molecule has 0 heterocycles. The monoisotopic (exact) mass is 222 g/mol. The molecular weight excluding hydrogens is 204 g/mol. The largest absolute Gasteiger partial charge is 0.392 e. The van der Waals surface area contributed by atoms with Crippen LogP contribution >= 0.6 is 0 Å². The average Bonchev–Trinajstić information content (AvgIpc) is 2.27. The molecule has 3 N–H and O–H groups in total. The number of benzene rings is 1. The lowest BCUT2D eigenvalue weighted by Gasteiger charge is -2.22. The fraction of sp³-hybridized carbons (Fsp3) is 0.417. The molecule has 0 fully saturated rings. The van der Waals surface area contributed by atoms with Crippen LogP contribution in [0.5, 0.6) is 0 Å². The maximum Gasteiger partial charge on any atom is 0.243 e. The van der Waals surface area contributed by atoms with E-state index in [4.69, 9.17) is 5.73 Å². The normalized spacial score (nSPS) is 14.2. The van der Waals surface area contributed by atoms with Gasteiger partial charge in [0.25, 0.3) is 0 Å². The minimum Gasteiger partial charge on any atom is -0.392 e. The fourth-order valence-corrected chi connectivity index (χ4v) is 1.53. The second kappa shape index (κ2) is 5.63. The van der Waals surface area contributed by atoms with Crippen molar-refractivity contribution < 1.29 is 9.90 Å². The summed E-state index contributed by atoms with van der Waals surface area (Å²) in [6, 6.07) is 8.54. The van der Waals surface area contributed by atoms with Crippen molar-refractivity contribution in [3.63, 3.8) is 0 Å². The molecule has 1 rings (SSSR count). The highest BCUT2D eigenvalue weighted by molar-refractivity contribution is 5.82. The summed E-state index contributed by atoms with van der Waals surface area (Å²) in [5, 5.41) is 9.19. The lowest BCUT2D eigenvalue weighted by Crippen LogP contribution is -2.39. The molecule has 0 aliphatic carbocycles. The van der Waals surface area contributed by atoms with Gasteiger partial charge in [-0.25, -0.2) is 0 Å². The maximum atomic E-state index is 11.9. The van der Waals surface area contributed by atoms with Gasteiger partial charge in [0.2, 0.25) is 5.91 Å². The molecule has 0 radical (unpaired) electrons. The molecule has 0 aliphatic rings. The summed E-state index contributed by atoms with van der Waals surface area (Å²) in [7, 11) is 1.64. The van der Waals surface area contributed by atoms with Crippen molar-refractivity contribution >= 4 is 5.91 Å². The van der Waals surface area contributed by atoms with Crippen LogP contribution in [0, 0.1) is 0 Å². The van der Waals surface area contributed by atoms with E-state index in [0.717, 1.165) is 5.56 Å². The zero-order valence-electron chi connectivity index (χ0n) is 9.63. The van der Waals surface area contributed by atoms with Crippen molar-refractivity contribution in [3.05, 3.63) is 35.9 Å². The summed E-state index contributed by atoms with van der Waals surface area (Å²) in [6.07, 6.45) is -0.545. The predicted molar refractivity (Wildman–Crippen MR) is 62.7 cm³/mol. The van der Waals surface area contributed by atoms with Gasteiger partial charge in [0.1, 0.15) is 6.04 Å². The van der Waals surface area contributed by atoms with Crippen LogP contribution in [0.1, 0.15) is 18.5 Å². The summed E-state index contributed by atoms with van der Waals surface area (Å²) in [4.78, 5) is 13.3. The Morgan fingerprint density at radius 1 is 1.44 bits per heavy atom. The second-order valence-electron chi connectivity index (χ2n) is 3.96. The highest BCUT2D eigenvalue weighted by Gasteiger charge is 2.20. The molecule has 4 heteroatoms. The highest BCUT2D eigenvalue weighted by atomic mass is 16.3. The first-order chi connectivity index (χ1) is 7.52. The van der Waals surface area contributed by atoms with Gasteiger partial charge < -0.3 is 15.7 Å². The minimum atomic E-state index is -0.662. The number of nitrogens with zero attached hydrogens (tertiary/aromatic N) is 1. The molecule has 0 aliphatic heterocycles. The Bertz CT molecular complexity index is 338. The number of rotatable bonds is 4. The number of carbonyl (C=O) groups is 1. The Morgan fingerprint density at radius 3 is 2.50 bits per heavy atom. The van der Waals surface area contributed by atoms with Crippen molar-refractivity contribution in [2.24, 2.45) is 5.73 Å². The molecule has 4 nitrogen and oxygen atoms in total. The average molecular weight is 222 g/mol. The van der Waals surface area contributed by atoms with E-state index in [1.165, 1.54) is 4.90 Å². The van der Waals surface area contributed by atoms with Crippen LogP contribution in [0.2, 0.25) is 0 Å². The van der Waals surface area contributed by atoms with Gasteiger partial charge in [-0.05, 0) is 12.5 Å². The third-order valence-corrected chi connectivity index (χ3v) is 2.34. The van der Waals surface area contributed by atoms with Gasteiger partial charge in [-0.3, -0.25) is 4.79 Å².